The Bertz CT molecular complexity index is 1070. The molecule has 1 aromatic heterocycles. The van der Waals surface area contributed by atoms with E-state index in [1.54, 1.807) is 13.1 Å². The van der Waals surface area contributed by atoms with Crippen LogP contribution >= 0.6 is 0 Å². The number of amides is 1. The van der Waals surface area contributed by atoms with Crippen LogP contribution in [0.1, 0.15) is 21.9 Å². The molecule has 2 aromatic carbocycles. The number of benzene rings is 2. The molecule has 0 saturated heterocycles. The minimum Gasteiger partial charge on any atom is -0.464 e. The predicted octanol–water partition coefficient (Wildman–Crippen LogP) is 3.80. The van der Waals surface area contributed by atoms with Crippen LogP contribution in [-0.4, -0.2) is 26.3 Å². The number of carbonyl (C=O) groups is 1. The van der Waals surface area contributed by atoms with E-state index in [0.717, 1.165) is 17.9 Å². The van der Waals surface area contributed by atoms with Crippen molar-refractivity contribution in [1.29, 1.82) is 0 Å². The van der Waals surface area contributed by atoms with Crippen molar-refractivity contribution in [3.63, 3.8) is 0 Å². The smallest absolute Gasteiger partial charge is 0.261 e. The number of carbonyl (C=O) groups excluding carboxylic acids is 1. The van der Waals surface area contributed by atoms with Gasteiger partial charge < -0.3 is 9.32 Å². The summed E-state index contributed by atoms with van der Waals surface area (Å²) in [6.07, 6.45) is 0. The minimum atomic E-state index is -3.85. The van der Waals surface area contributed by atoms with Crippen molar-refractivity contribution in [3.05, 3.63) is 83.6 Å². The van der Waals surface area contributed by atoms with Crippen molar-refractivity contribution < 1.29 is 22.0 Å². The fourth-order valence-corrected chi connectivity index (χ4v) is 3.66. The number of halogens is 1. The van der Waals surface area contributed by atoms with Crippen LogP contribution < -0.4 is 4.72 Å². The zero-order valence-electron chi connectivity index (χ0n) is 15.3. The third-order valence-corrected chi connectivity index (χ3v) is 5.44. The Balaban J connectivity index is 1.71. The second kappa shape index (κ2) is 7.85. The van der Waals surface area contributed by atoms with Crippen molar-refractivity contribution in [2.45, 2.75) is 18.4 Å². The number of hydrogen-bond acceptors (Lipinski definition) is 4. The maximum absolute atomic E-state index is 12.9. The molecule has 1 amide bonds. The van der Waals surface area contributed by atoms with E-state index >= 15 is 0 Å². The molecule has 0 saturated carbocycles. The Morgan fingerprint density at radius 2 is 1.68 bits per heavy atom. The van der Waals surface area contributed by atoms with Gasteiger partial charge in [-0.3, -0.25) is 9.52 Å². The van der Waals surface area contributed by atoms with Gasteiger partial charge in [0.25, 0.3) is 15.9 Å². The lowest BCUT2D eigenvalue weighted by atomic mass is 10.2. The van der Waals surface area contributed by atoms with Gasteiger partial charge in [0.15, 0.2) is 0 Å². The average molecular weight is 402 g/mol. The topological polar surface area (TPSA) is 79.6 Å². The molecule has 0 unspecified atom stereocenters. The number of rotatable bonds is 6. The summed E-state index contributed by atoms with van der Waals surface area (Å²) in [7, 11) is -2.21. The van der Waals surface area contributed by atoms with Crippen molar-refractivity contribution in [3.8, 4) is 0 Å². The summed E-state index contributed by atoms with van der Waals surface area (Å²) < 4.78 is 45.6. The molecule has 0 radical (unpaired) electrons. The van der Waals surface area contributed by atoms with Crippen LogP contribution in [-0.2, 0) is 16.6 Å². The van der Waals surface area contributed by atoms with Crippen LogP contribution in [0.4, 0.5) is 10.1 Å². The first kappa shape index (κ1) is 19.6. The molecule has 8 heteroatoms. The molecular weight excluding hydrogens is 383 g/mol. The first-order valence-corrected chi connectivity index (χ1v) is 9.92. The predicted molar refractivity (Wildman–Crippen MR) is 103 cm³/mol. The van der Waals surface area contributed by atoms with E-state index in [0.29, 0.717) is 17.9 Å². The third-order valence-electron chi connectivity index (χ3n) is 4.04. The molecule has 0 bridgehead atoms. The fraction of sp³-hybridized carbons (Fsp3) is 0.150. The van der Waals surface area contributed by atoms with E-state index in [2.05, 4.69) is 4.72 Å². The number of aryl methyl sites for hydroxylation is 1. The lowest BCUT2D eigenvalue weighted by molar-refractivity contribution is 0.0775. The summed E-state index contributed by atoms with van der Waals surface area (Å²) in [4.78, 5) is 14.0. The van der Waals surface area contributed by atoms with Crippen LogP contribution in [0.5, 0.6) is 0 Å². The Kier molecular flexibility index (Phi) is 5.51. The zero-order chi connectivity index (χ0) is 20.3. The van der Waals surface area contributed by atoms with E-state index < -0.39 is 15.8 Å². The monoisotopic (exact) mass is 402 g/mol. The van der Waals surface area contributed by atoms with Gasteiger partial charge in [0, 0.05) is 18.3 Å². The molecule has 0 aliphatic heterocycles. The molecule has 3 aromatic rings. The summed E-state index contributed by atoms with van der Waals surface area (Å²) in [6, 6.07) is 14.2. The lowest BCUT2D eigenvalue weighted by Gasteiger charge is -2.16. The van der Waals surface area contributed by atoms with Gasteiger partial charge >= 0.3 is 0 Å². The lowest BCUT2D eigenvalue weighted by Crippen LogP contribution is -2.26. The van der Waals surface area contributed by atoms with Crippen molar-refractivity contribution in [1.82, 2.24) is 4.90 Å². The van der Waals surface area contributed by atoms with Crippen LogP contribution in [0.3, 0.4) is 0 Å². The number of furan rings is 1. The molecule has 0 spiro atoms. The Morgan fingerprint density at radius 1 is 1.04 bits per heavy atom. The van der Waals surface area contributed by atoms with E-state index in [1.807, 2.05) is 13.0 Å². The van der Waals surface area contributed by atoms with Gasteiger partial charge in [-0.2, -0.15) is 0 Å². The highest BCUT2D eigenvalue weighted by atomic mass is 32.2. The summed E-state index contributed by atoms with van der Waals surface area (Å²) in [5.74, 6) is 0.708. The quantitative estimate of drug-likeness (QED) is 0.680. The van der Waals surface area contributed by atoms with Crippen molar-refractivity contribution in [2.24, 2.45) is 0 Å². The van der Waals surface area contributed by atoms with Gasteiger partial charge in [-0.1, -0.05) is 0 Å². The number of sulfonamides is 1. The number of nitrogens with one attached hydrogen (secondary N) is 1. The average Bonchev–Trinajstić information content (AvgIpc) is 3.07. The molecule has 146 valence electrons. The van der Waals surface area contributed by atoms with Crippen molar-refractivity contribution in [2.75, 3.05) is 11.8 Å². The van der Waals surface area contributed by atoms with Gasteiger partial charge in [-0.15, -0.1) is 0 Å². The van der Waals surface area contributed by atoms with E-state index in [9.17, 15) is 17.6 Å². The first-order valence-electron chi connectivity index (χ1n) is 8.44. The van der Waals surface area contributed by atoms with Gasteiger partial charge in [-0.05, 0) is 67.6 Å². The molecular formula is C20H19FN2O4S. The number of anilines is 1. The minimum absolute atomic E-state index is 0.00214. The van der Waals surface area contributed by atoms with Crippen molar-refractivity contribution >= 4 is 21.6 Å². The van der Waals surface area contributed by atoms with Crippen LogP contribution in [0.25, 0.3) is 0 Å². The van der Waals surface area contributed by atoms with Crippen LogP contribution in [0, 0.1) is 12.7 Å². The molecule has 0 atom stereocenters. The standard InChI is InChI=1S/C20H19FN2O4S/c1-14-3-10-18(27-14)13-23(2)20(24)15-4-11-19(12-5-15)28(25,26)22-17-8-6-16(21)7-9-17/h3-12,22H,13H2,1-2H3. The molecule has 28 heavy (non-hydrogen) atoms. The van der Waals surface area contributed by atoms with Gasteiger partial charge in [0.05, 0.1) is 11.4 Å². The Labute approximate surface area is 162 Å². The SMILES string of the molecule is Cc1ccc(CN(C)C(=O)c2ccc(S(=O)(=O)Nc3ccc(F)cc3)cc2)o1. The third kappa shape index (κ3) is 4.58. The number of hydrogen-bond donors (Lipinski definition) is 1. The van der Waals surface area contributed by atoms with E-state index in [1.165, 1.54) is 41.3 Å². The summed E-state index contributed by atoms with van der Waals surface area (Å²) >= 11 is 0. The summed E-state index contributed by atoms with van der Waals surface area (Å²) in [6.45, 7) is 2.13. The maximum Gasteiger partial charge on any atom is 0.261 e. The molecule has 3 rings (SSSR count). The highest BCUT2D eigenvalue weighted by molar-refractivity contribution is 7.92. The highest BCUT2D eigenvalue weighted by Gasteiger charge is 2.17. The Morgan fingerprint density at radius 3 is 2.25 bits per heavy atom. The van der Waals surface area contributed by atoms with Gasteiger partial charge in [0.1, 0.15) is 17.3 Å². The second-order valence-corrected chi connectivity index (χ2v) is 7.99. The van der Waals surface area contributed by atoms with Crippen LogP contribution in [0.2, 0.25) is 0 Å². The maximum atomic E-state index is 12.9. The van der Waals surface area contributed by atoms with Gasteiger partial charge in [-0.25, -0.2) is 12.8 Å². The normalized spacial score (nSPS) is 11.2. The molecule has 1 N–H and O–H groups in total. The van der Waals surface area contributed by atoms with E-state index in [4.69, 9.17) is 4.42 Å². The zero-order valence-corrected chi connectivity index (χ0v) is 16.2. The summed E-state index contributed by atoms with van der Waals surface area (Å²) in [5, 5.41) is 0. The molecule has 0 fully saturated rings. The van der Waals surface area contributed by atoms with Crippen LogP contribution in [0.15, 0.2) is 70.0 Å². The first-order chi connectivity index (χ1) is 13.2. The summed E-state index contributed by atoms with van der Waals surface area (Å²) in [5.41, 5.74) is 0.599. The van der Waals surface area contributed by atoms with E-state index in [-0.39, 0.29) is 16.5 Å². The molecule has 6 nitrogen and oxygen atoms in total. The number of nitrogens with zero attached hydrogens (tertiary/aromatic N) is 1. The largest absolute Gasteiger partial charge is 0.464 e. The van der Waals surface area contributed by atoms with Gasteiger partial charge in [0.2, 0.25) is 0 Å². The Hall–Kier alpha value is -3.13. The fourth-order valence-electron chi connectivity index (χ4n) is 2.60. The molecule has 0 aliphatic rings. The molecule has 1 heterocycles. The highest BCUT2D eigenvalue weighted by Crippen LogP contribution is 2.18. The molecule has 0 aliphatic carbocycles. The second-order valence-electron chi connectivity index (χ2n) is 6.31.